The van der Waals surface area contributed by atoms with Crippen LogP contribution in [0.2, 0.25) is 0 Å². The number of carbonyl (C=O) groups is 1. The van der Waals surface area contributed by atoms with Crippen LogP contribution in [0.4, 0.5) is 0 Å². The number of esters is 1. The number of thiazole rings is 1. The largest absolute Gasteiger partial charge is 0.461 e. The highest BCUT2D eigenvalue weighted by Gasteiger charge is 2.12. The Morgan fingerprint density at radius 1 is 1.47 bits per heavy atom. The third-order valence-electron chi connectivity index (χ3n) is 2.21. The lowest BCUT2D eigenvalue weighted by atomic mass is 10.3. The van der Waals surface area contributed by atoms with E-state index in [4.69, 9.17) is 4.74 Å². The van der Waals surface area contributed by atoms with Crippen molar-refractivity contribution in [1.29, 1.82) is 0 Å². The molecule has 0 N–H and O–H groups in total. The minimum absolute atomic E-state index is 0.323. The topological polar surface area (TPSA) is 39.2 Å². The van der Waals surface area contributed by atoms with Gasteiger partial charge in [0.15, 0.2) is 5.69 Å². The van der Waals surface area contributed by atoms with Crippen LogP contribution >= 0.6 is 22.7 Å². The molecule has 0 bridgehead atoms. The number of carbonyl (C=O) groups excluding carboxylic acids is 1. The van der Waals surface area contributed by atoms with Crippen molar-refractivity contribution in [2.75, 3.05) is 6.61 Å². The van der Waals surface area contributed by atoms with Crippen molar-refractivity contribution in [1.82, 2.24) is 4.98 Å². The zero-order chi connectivity index (χ0) is 12.1. The molecule has 2 rings (SSSR count). The van der Waals surface area contributed by atoms with Crippen molar-refractivity contribution >= 4 is 28.6 Å². The Kier molecular flexibility index (Phi) is 4.28. The van der Waals surface area contributed by atoms with Crippen molar-refractivity contribution in [2.24, 2.45) is 0 Å². The summed E-state index contributed by atoms with van der Waals surface area (Å²) in [5.74, 6) is -0.323. The van der Waals surface area contributed by atoms with E-state index in [1.807, 2.05) is 16.8 Å². The van der Waals surface area contributed by atoms with Gasteiger partial charge < -0.3 is 4.74 Å². The fraction of sp³-hybridized carbons (Fsp3) is 0.333. The van der Waals surface area contributed by atoms with Crippen LogP contribution in [0.15, 0.2) is 22.2 Å². The molecule has 0 spiro atoms. The number of ether oxygens (including phenoxy) is 1. The summed E-state index contributed by atoms with van der Waals surface area (Å²) in [6, 6.07) is 2.00. The van der Waals surface area contributed by atoms with Gasteiger partial charge in [0.1, 0.15) is 5.01 Å². The fourth-order valence-corrected chi connectivity index (χ4v) is 2.77. The van der Waals surface area contributed by atoms with Gasteiger partial charge in [0, 0.05) is 16.3 Å². The lowest BCUT2D eigenvalue weighted by molar-refractivity contribution is 0.0494. The Morgan fingerprint density at radius 3 is 3.06 bits per heavy atom. The maximum atomic E-state index is 11.6. The van der Waals surface area contributed by atoms with Crippen LogP contribution in [0.3, 0.4) is 0 Å². The van der Waals surface area contributed by atoms with Crippen LogP contribution < -0.4 is 0 Å². The zero-order valence-electron chi connectivity index (χ0n) is 9.51. The average molecular weight is 267 g/mol. The lowest BCUT2D eigenvalue weighted by Crippen LogP contribution is -2.06. The molecule has 0 atom stereocenters. The smallest absolute Gasteiger partial charge is 0.357 e. The summed E-state index contributed by atoms with van der Waals surface area (Å²) in [6.07, 6.45) is 1.91. The highest BCUT2D eigenvalue weighted by Crippen LogP contribution is 2.25. The Bertz CT molecular complexity index is 476. The number of thiophene rings is 1. The first kappa shape index (κ1) is 12.3. The quantitative estimate of drug-likeness (QED) is 0.610. The van der Waals surface area contributed by atoms with E-state index >= 15 is 0 Å². The molecule has 0 aliphatic rings. The molecular formula is C12H13NO2S2. The van der Waals surface area contributed by atoms with E-state index < -0.39 is 0 Å². The minimum Gasteiger partial charge on any atom is -0.461 e. The molecule has 0 aliphatic heterocycles. The van der Waals surface area contributed by atoms with Gasteiger partial charge in [-0.05, 0) is 17.9 Å². The summed E-state index contributed by atoms with van der Waals surface area (Å²) in [7, 11) is 0. The highest BCUT2D eigenvalue weighted by molar-refractivity contribution is 7.14. The van der Waals surface area contributed by atoms with Gasteiger partial charge >= 0.3 is 5.97 Å². The second kappa shape index (κ2) is 5.93. The number of rotatable bonds is 5. The molecule has 3 nitrogen and oxygen atoms in total. The molecule has 2 heterocycles. The van der Waals surface area contributed by atoms with E-state index in [1.54, 1.807) is 16.7 Å². The summed E-state index contributed by atoms with van der Waals surface area (Å²) < 4.78 is 5.11. The maximum Gasteiger partial charge on any atom is 0.357 e. The Labute approximate surface area is 108 Å². The van der Waals surface area contributed by atoms with E-state index in [1.165, 1.54) is 11.3 Å². The van der Waals surface area contributed by atoms with Gasteiger partial charge in [-0.1, -0.05) is 13.3 Å². The first-order chi connectivity index (χ1) is 8.31. The molecule has 0 saturated carbocycles. The number of hydrogen-bond acceptors (Lipinski definition) is 5. The normalized spacial score (nSPS) is 10.4. The van der Waals surface area contributed by atoms with Crippen LogP contribution in [0.5, 0.6) is 0 Å². The van der Waals surface area contributed by atoms with E-state index in [-0.39, 0.29) is 5.97 Å². The Balaban J connectivity index is 2.01. The molecule has 0 amide bonds. The number of nitrogens with zero attached hydrogens (tertiary/aromatic N) is 1. The number of unbranched alkanes of at least 4 members (excludes halogenated alkanes) is 1. The van der Waals surface area contributed by atoms with Crippen LogP contribution in [-0.4, -0.2) is 17.6 Å². The van der Waals surface area contributed by atoms with Crippen molar-refractivity contribution < 1.29 is 9.53 Å². The van der Waals surface area contributed by atoms with Gasteiger partial charge in [-0.2, -0.15) is 11.3 Å². The monoisotopic (exact) mass is 267 g/mol. The molecular weight excluding hydrogens is 254 g/mol. The van der Waals surface area contributed by atoms with Gasteiger partial charge in [0.05, 0.1) is 6.61 Å². The summed E-state index contributed by atoms with van der Waals surface area (Å²) in [5, 5.41) is 6.64. The van der Waals surface area contributed by atoms with Gasteiger partial charge in [0.25, 0.3) is 0 Å². The first-order valence-electron chi connectivity index (χ1n) is 5.46. The Morgan fingerprint density at radius 2 is 2.35 bits per heavy atom. The molecule has 0 fully saturated rings. The van der Waals surface area contributed by atoms with Crippen molar-refractivity contribution in [2.45, 2.75) is 19.8 Å². The third kappa shape index (κ3) is 3.14. The van der Waals surface area contributed by atoms with Crippen LogP contribution in [0.1, 0.15) is 30.3 Å². The molecule has 5 heteroatoms. The first-order valence-corrected chi connectivity index (χ1v) is 7.28. The molecule has 90 valence electrons. The molecule has 2 aromatic rings. The molecule has 0 aliphatic carbocycles. The van der Waals surface area contributed by atoms with E-state index in [9.17, 15) is 4.79 Å². The molecule has 0 aromatic carbocycles. The summed E-state index contributed by atoms with van der Waals surface area (Å²) in [6.45, 7) is 2.53. The lowest BCUT2D eigenvalue weighted by Gasteiger charge is -2.00. The highest BCUT2D eigenvalue weighted by atomic mass is 32.1. The minimum atomic E-state index is -0.323. The third-order valence-corrected chi connectivity index (χ3v) is 3.79. The predicted molar refractivity (Wildman–Crippen MR) is 70.6 cm³/mol. The number of hydrogen-bond donors (Lipinski definition) is 0. The van der Waals surface area contributed by atoms with Crippen molar-refractivity contribution in [3.8, 4) is 10.6 Å². The van der Waals surface area contributed by atoms with Gasteiger partial charge in [0.2, 0.25) is 0 Å². The van der Waals surface area contributed by atoms with Crippen LogP contribution in [0.25, 0.3) is 10.6 Å². The zero-order valence-corrected chi connectivity index (χ0v) is 11.1. The molecule has 0 radical (unpaired) electrons. The van der Waals surface area contributed by atoms with Crippen molar-refractivity contribution in [3.63, 3.8) is 0 Å². The standard InChI is InChI=1S/C12H13NO2S2/c1-2-3-5-15-12(14)10-8-17-11(13-10)9-4-6-16-7-9/h4,6-8H,2-3,5H2,1H3. The molecule has 0 saturated heterocycles. The van der Waals surface area contributed by atoms with E-state index in [2.05, 4.69) is 11.9 Å². The van der Waals surface area contributed by atoms with Gasteiger partial charge in [-0.25, -0.2) is 9.78 Å². The van der Waals surface area contributed by atoms with Crippen LogP contribution in [0, 0.1) is 0 Å². The predicted octanol–water partition coefficient (Wildman–Crippen LogP) is 3.83. The van der Waals surface area contributed by atoms with Crippen molar-refractivity contribution in [3.05, 3.63) is 27.9 Å². The summed E-state index contributed by atoms with van der Waals surface area (Å²) >= 11 is 3.09. The molecule has 17 heavy (non-hydrogen) atoms. The summed E-state index contributed by atoms with van der Waals surface area (Å²) in [5.41, 5.74) is 1.47. The second-order valence-electron chi connectivity index (χ2n) is 3.54. The van der Waals surface area contributed by atoms with Gasteiger partial charge in [-0.15, -0.1) is 11.3 Å². The van der Waals surface area contributed by atoms with E-state index in [0.29, 0.717) is 12.3 Å². The second-order valence-corrected chi connectivity index (χ2v) is 5.18. The summed E-state index contributed by atoms with van der Waals surface area (Å²) in [4.78, 5) is 15.9. The fourth-order valence-electron chi connectivity index (χ4n) is 1.27. The molecule has 0 unspecified atom stereocenters. The van der Waals surface area contributed by atoms with Gasteiger partial charge in [-0.3, -0.25) is 0 Å². The molecule has 2 aromatic heterocycles. The van der Waals surface area contributed by atoms with Crippen LogP contribution in [-0.2, 0) is 4.74 Å². The number of aromatic nitrogens is 1. The SMILES string of the molecule is CCCCOC(=O)c1csc(-c2ccsc2)n1. The van der Waals surface area contributed by atoms with E-state index in [0.717, 1.165) is 23.4 Å². The Hall–Kier alpha value is -1.20. The maximum absolute atomic E-state index is 11.6. The average Bonchev–Trinajstić information content (AvgIpc) is 3.00.